The molecule has 0 aromatic heterocycles. The average Bonchev–Trinajstić information content (AvgIpc) is 2.55. The van der Waals surface area contributed by atoms with E-state index in [0.717, 1.165) is 4.47 Å². The number of benzene rings is 2. The Kier molecular flexibility index (Phi) is 6.39. The third-order valence-corrected chi connectivity index (χ3v) is 4.16. The van der Waals surface area contributed by atoms with E-state index in [1.165, 1.54) is 7.11 Å². The lowest BCUT2D eigenvalue weighted by Crippen LogP contribution is -2.14. The summed E-state index contributed by atoms with van der Waals surface area (Å²) in [6.07, 6.45) is 0. The van der Waals surface area contributed by atoms with Crippen molar-refractivity contribution >= 4 is 49.4 Å². The second kappa shape index (κ2) is 8.30. The van der Waals surface area contributed by atoms with Crippen molar-refractivity contribution in [3.8, 4) is 5.75 Å². The van der Waals surface area contributed by atoms with Gasteiger partial charge in [0.1, 0.15) is 5.75 Å². The molecular weight excluding hydrogens is 442 g/mol. The molecule has 0 aliphatic carbocycles. The summed E-state index contributed by atoms with van der Waals surface area (Å²) < 4.78 is 11.6. The lowest BCUT2D eigenvalue weighted by molar-refractivity contribution is 0.0526. The minimum atomic E-state index is -0.395. The number of ether oxygens (including phenoxy) is 2. The van der Waals surface area contributed by atoms with Crippen molar-refractivity contribution in [2.45, 2.75) is 6.92 Å². The molecule has 2 aromatic rings. The van der Waals surface area contributed by atoms with Crippen LogP contribution in [0, 0.1) is 0 Å². The first-order valence-electron chi connectivity index (χ1n) is 7.07. The van der Waals surface area contributed by atoms with Crippen LogP contribution in [0.4, 0.5) is 5.69 Å². The van der Waals surface area contributed by atoms with Crippen LogP contribution in [0.25, 0.3) is 0 Å². The number of methoxy groups -OCH3 is 1. The topological polar surface area (TPSA) is 64.6 Å². The maximum atomic E-state index is 12.5. The molecule has 0 spiro atoms. The molecule has 7 heteroatoms. The van der Waals surface area contributed by atoms with Crippen molar-refractivity contribution in [1.29, 1.82) is 0 Å². The molecule has 0 heterocycles. The van der Waals surface area contributed by atoms with Crippen molar-refractivity contribution in [3.05, 3.63) is 56.5 Å². The summed E-state index contributed by atoms with van der Waals surface area (Å²) in [6.45, 7) is 2.06. The van der Waals surface area contributed by atoms with Crippen LogP contribution in [0.5, 0.6) is 5.75 Å². The highest BCUT2D eigenvalue weighted by molar-refractivity contribution is 9.11. The molecule has 0 aliphatic heterocycles. The Morgan fingerprint density at radius 2 is 1.79 bits per heavy atom. The van der Waals surface area contributed by atoms with Crippen molar-refractivity contribution < 1.29 is 19.1 Å². The highest BCUT2D eigenvalue weighted by Gasteiger charge is 2.17. The standard InChI is InChI=1S/C17H15Br2NO4/c1-3-24-17(22)10-4-6-12(7-5-10)20-16(21)13-8-11(18)9-14(19)15(13)23-2/h4-9H,3H2,1-2H3,(H,20,21). The number of esters is 1. The minimum Gasteiger partial charge on any atom is -0.495 e. The number of hydrogen-bond acceptors (Lipinski definition) is 4. The molecule has 0 atom stereocenters. The molecule has 0 bridgehead atoms. The van der Waals surface area contributed by atoms with Gasteiger partial charge in [0, 0.05) is 10.2 Å². The van der Waals surface area contributed by atoms with Crippen molar-refractivity contribution in [2.75, 3.05) is 19.0 Å². The molecule has 1 N–H and O–H groups in total. The number of anilines is 1. The van der Waals surface area contributed by atoms with Gasteiger partial charge in [-0.1, -0.05) is 15.9 Å². The summed E-state index contributed by atoms with van der Waals surface area (Å²) in [5, 5.41) is 2.77. The molecule has 126 valence electrons. The molecule has 0 saturated heterocycles. The van der Waals surface area contributed by atoms with E-state index in [9.17, 15) is 9.59 Å². The van der Waals surface area contributed by atoms with Gasteiger partial charge in [-0.3, -0.25) is 4.79 Å². The van der Waals surface area contributed by atoms with Gasteiger partial charge < -0.3 is 14.8 Å². The van der Waals surface area contributed by atoms with Crippen LogP contribution in [0.1, 0.15) is 27.6 Å². The van der Waals surface area contributed by atoms with Gasteiger partial charge >= 0.3 is 5.97 Å². The predicted octanol–water partition coefficient (Wildman–Crippen LogP) is 4.65. The number of hydrogen-bond donors (Lipinski definition) is 1. The number of rotatable bonds is 5. The minimum absolute atomic E-state index is 0.314. The van der Waals surface area contributed by atoms with Gasteiger partial charge in [-0.25, -0.2) is 4.79 Å². The Bertz CT molecular complexity index is 760. The summed E-state index contributed by atoms with van der Waals surface area (Å²) >= 11 is 6.72. The highest BCUT2D eigenvalue weighted by atomic mass is 79.9. The average molecular weight is 457 g/mol. The van der Waals surface area contributed by atoms with Gasteiger partial charge in [-0.2, -0.15) is 0 Å². The third kappa shape index (κ3) is 4.36. The van der Waals surface area contributed by atoms with Gasteiger partial charge in [0.15, 0.2) is 0 Å². The van der Waals surface area contributed by atoms with E-state index >= 15 is 0 Å². The Hall–Kier alpha value is -1.86. The largest absolute Gasteiger partial charge is 0.495 e. The van der Waals surface area contributed by atoms with Gasteiger partial charge in [0.2, 0.25) is 0 Å². The Morgan fingerprint density at radius 1 is 1.12 bits per heavy atom. The summed E-state index contributed by atoms with van der Waals surface area (Å²) in [7, 11) is 1.50. The van der Waals surface area contributed by atoms with Gasteiger partial charge in [-0.15, -0.1) is 0 Å². The molecule has 1 amide bonds. The van der Waals surface area contributed by atoms with E-state index in [0.29, 0.717) is 33.6 Å². The van der Waals surface area contributed by atoms with Crippen LogP contribution >= 0.6 is 31.9 Å². The molecule has 0 radical (unpaired) electrons. The van der Waals surface area contributed by atoms with Crippen LogP contribution in [-0.2, 0) is 4.74 Å². The van der Waals surface area contributed by atoms with E-state index in [2.05, 4.69) is 37.2 Å². The molecule has 0 aliphatic rings. The molecule has 2 aromatic carbocycles. The van der Waals surface area contributed by atoms with E-state index in [1.807, 2.05) is 0 Å². The molecule has 5 nitrogen and oxygen atoms in total. The second-order valence-corrected chi connectivity index (χ2v) is 6.49. The van der Waals surface area contributed by atoms with Gasteiger partial charge in [0.05, 0.1) is 29.3 Å². The summed E-state index contributed by atoms with van der Waals surface area (Å²) in [6, 6.07) is 9.95. The third-order valence-electron chi connectivity index (χ3n) is 3.11. The summed E-state index contributed by atoms with van der Waals surface area (Å²) in [5.74, 6) is -0.274. The van der Waals surface area contributed by atoms with E-state index in [4.69, 9.17) is 9.47 Å². The van der Waals surface area contributed by atoms with Crippen LogP contribution in [-0.4, -0.2) is 25.6 Å². The molecule has 0 fully saturated rings. The highest BCUT2D eigenvalue weighted by Crippen LogP contribution is 2.33. The summed E-state index contributed by atoms with van der Waals surface area (Å²) in [4.78, 5) is 24.1. The molecule has 0 saturated carbocycles. The number of carbonyl (C=O) groups excluding carboxylic acids is 2. The lowest BCUT2D eigenvalue weighted by atomic mass is 10.1. The zero-order chi connectivity index (χ0) is 17.7. The zero-order valence-electron chi connectivity index (χ0n) is 13.1. The first kappa shape index (κ1) is 18.5. The first-order chi connectivity index (χ1) is 11.5. The maximum absolute atomic E-state index is 12.5. The second-order valence-electron chi connectivity index (χ2n) is 4.72. The fourth-order valence-electron chi connectivity index (χ4n) is 2.04. The Labute approximate surface area is 156 Å². The molecular formula is C17H15Br2NO4. The van der Waals surface area contributed by atoms with Crippen molar-refractivity contribution in [3.63, 3.8) is 0 Å². The Morgan fingerprint density at radius 3 is 2.38 bits per heavy atom. The molecule has 0 unspecified atom stereocenters. The van der Waals surface area contributed by atoms with Crippen molar-refractivity contribution in [1.82, 2.24) is 0 Å². The number of nitrogens with one attached hydrogen (secondary N) is 1. The van der Waals surface area contributed by atoms with Crippen LogP contribution in [0.15, 0.2) is 45.3 Å². The molecule has 24 heavy (non-hydrogen) atoms. The first-order valence-corrected chi connectivity index (χ1v) is 8.66. The van der Waals surface area contributed by atoms with Crippen LogP contribution in [0.2, 0.25) is 0 Å². The van der Waals surface area contributed by atoms with E-state index < -0.39 is 5.97 Å². The van der Waals surface area contributed by atoms with Crippen molar-refractivity contribution in [2.24, 2.45) is 0 Å². The van der Waals surface area contributed by atoms with Crippen LogP contribution in [0.3, 0.4) is 0 Å². The van der Waals surface area contributed by atoms with E-state index in [1.54, 1.807) is 43.3 Å². The van der Waals surface area contributed by atoms with Gasteiger partial charge in [0.25, 0.3) is 5.91 Å². The van der Waals surface area contributed by atoms with E-state index in [-0.39, 0.29) is 5.91 Å². The number of amides is 1. The van der Waals surface area contributed by atoms with Gasteiger partial charge in [-0.05, 0) is 59.3 Å². The quantitative estimate of drug-likeness (QED) is 0.665. The lowest BCUT2D eigenvalue weighted by Gasteiger charge is -2.12. The zero-order valence-corrected chi connectivity index (χ0v) is 16.2. The SMILES string of the molecule is CCOC(=O)c1ccc(NC(=O)c2cc(Br)cc(Br)c2OC)cc1. The molecule has 2 rings (SSSR count). The van der Waals surface area contributed by atoms with Crippen LogP contribution < -0.4 is 10.1 Å². The number of halogens is 2. The predicted molar refractivity (Wildman–Crippen MR) is 98.7 cm³/mol. The fourth-order valence-corrected chi connectivity index (χ4v) is 3.43. The smallest absolute Gasteiger partial charge is 0.338 e. The Balaban J connectivity index is 2.20. The summed E-state index contributed by atoms with van der Waals surface area (Å²) in [5.41, 5.74) is 1.37. The fraction of sp³-hybridized carbons (Fsp3) is 0.176. The monoisotopic (exact) mass is 455 g/mol. The number of carbonyl (C=O) groups is 2. The normalized spacial score (nSPS) is 10.2. The maximum Gasteiger partial charge on any atom is 0.338 e.